The van der Waals surface area contributed by atoms with Crippen molar-refractivity contribution in [2.75, 3.05) is 0 Å². The van der Waals surface area contributed by atoms with E-state index in [0.717, 1.165) is 32.1 Å². The largest absolute Gasteiger partial charge is 0.389 e. The van der Waals surface area contributed by atoms with Crippen molar-refractivity contribution in [3.05, 3.63) is 77.4 Å². The van der Waals surface area contributed by atoms with Crippen LogP contribution >= 0.6 is 0 Å². The van der Waals surface area contributed by atoms with Gasteiger partial charge in [-0.3, -0.25) is 0 Å². The van der Waals surface area contributed by atoms with Gasteiger partial charge < -0.3 is 5.11 Å². The van der Waals surface area contributed by atoms with Crippen molar-refractivity contribution in [3.63, 3.8) is 0 Å². The minimum atomic E-state index is -0.250. The molecule has 1 atom stereocenters. The average molecular weight is 292 g/mol. The van der Waals surface area contributed by atoms with Crippen LogP contribution in [-0.4, -0.2) is 11.2 Å². The summed E-state index contributed by atoms with van der Waals surface area (Å²) in [5.41, 5.74) is 5.27. The SMILES string of the molecule is OC1CCCC/C1=C(\CCc1ccccc1)c1ccccc1. The van der Waals surface area contributed by atoms with Crippen LogP contribution in [0, 0.1) is 0 Å². The molecular weight excluding hydrogens is 268 g/mol. The summed E-state index contributed by atoms with van der Waals surface area (Å²) in [4.78, 5) is 0. The fraction of sp³-hybridized carbons (Fsp3) is 0.333. The van der Waals surface area contributed by atoms with E-state index in [9.17, 15) is 5.11 Å². The van der Waals surface area contributed by atoms with Gasteiger partial charge in [-0.05, 0) is 54.4 Å². The zero-order chi connectivity index (χ0) is 15.2. The van der Waals surface area contributed by atoms with Crippen LogP contribution in [-0.2, 0) is 6.42 Å². The molecule has 1 nitrogen and oxygen atoms in total. The molecule has 0 amide bonds. The maximum atomic E-state index is 10.4. The third-order valence-electron chi connectivity index (χ3n) is 4.59. The van der Waals surface area contributed by atoms with Gasteiger partial charge in [0.05, 0.1) is 6.10 Å². The molecule has 2 aromatic rings. The molecule has 0 heterocycles. The van der Waals surface area contributed by atoms with Crippen LogP contribution in [0.4, 0.5) is 0 Å². The van der Waals surface area contributed by atoms with Crippen molar-refractivity contribution in [2.24, 2.45) is 0 Å². The van der Waals surface area contributed by atoms with Gasteiger partial charge in [-0.25, -0.2) is 0 Å². The summed E-state index contributed by atoms with van der Waals surface area (Å²) >= 11 is 0. The topological polar surface area (TPSA) is 20.2 Å². The van der Waals surface area contributed by atoms with Gasteiger partial charge in [0.1, 0.15) is 0 Å². The summed E-state index contributed by atoms with van der Waals surface area (Å²) in [6.45, 7) is 0. The molecular formula is C21H24O. The van der Waals surface area contributed by atoms with Gasteiger partial charge in [0, 0.05) is 0 Å². The van der Waals surface area contributed by atoms with E-state index >= 15 is 0 Å². The molecule has 1 aliphatic rings. The predicted octanol–water partition coefficient (Wildman–Crippen LogP) is 5.01. The normalized spacial score (nSPS) is 20.7. The minimum absolute atomic E-state index is 0.250. The number of aliphatic hydroxyl groups excluding tert-OH is 1. The van der Waals surface area contributed by atoms with Crippen LogP contribution in [0.2, 0.25) is 0 Å². The van der Waals surface area contributed by atoms with Gasteiger partial charge >= 0.3 is 0 Å². The van der Waals surface area contributed by atoms with Gasteiger partial charge in [-0.15, -0.1) is 0 Å². The standard InChI is InChI=1S/C21H24O/c22-21-14-8-7-13-20(21)19(18-11-5-2-6-12-18)16-15-17-9-3-1-4-10-17/h1-6,9-12,21-22H,7-8,13-16H2/b20-19-. The van der Waals surface area contributed by atoms with Crippen molar-refractivity contribution < 1.29 is 5.11 Å². The Morgan fingerprint density at radius 3 is 2.27 bits per heavy atom. The Kier molecular flexibility index (Phi) is 5.07. The summed E-state index contributed by atoms with van der Waals surface area (Å²) in [6, 6.07) is 21.2. The number of benzene rings is 2. The molecule has 0 aromatic heterocycles. The molecule has 1 unspecified atom stereocenters. The highest BCUT2D eigenvalue weighted by Gasteiger charge is 2.20. The second-order valence-corrected chi connectivity index (χ2v) is 6.12. The minimum Gasteiger partial charge on any atom is -0.389 e. The van der Waals surface area contributed by atoms with E-state index < -0.39 is 0 Å². The molecule has 22 heavy (non-hydrogen) atoms. The Morgan fingerprint density at radius 2 is 1.59 bits per heavy atom. The molecule has 0 spiro atoms. The summed E-state index contributed by atoms with van der Waals surface area (Å²) in [7, 11) is 0. The highest BCUT2D eigenvalue weighted by molar-refractivity contribution is 5.69. The van der Waals surface area contributed by atoms with Crippen LogP contribution in [0.3, 0.4) is 0 Å². The third kappa shape index (κ3) is 3.66. The molecule has 1 fully saturated rings. The highest BCUT2D eigenvalue weighted by Crippen LogP contribution is 2.33. The third-order valence-corrected chi connectivity index (χ3v) is 4.59. The van der Waals surface area contributed by atoms with Gasteiger partial charge in [0.15, 0.2) is 0 Å². The quantitative estimate of drug-likeness (QED) is 0.840. The van der Waals surface area contributed by atoms with Crippen LogP contribution < -0.4 is 0 Å². The van der Waals surface area contributed by atoms with Crippen molar-refractivity contribution in [1.29, 1.82) is 0 Å². The zero-order valence-electron chi connectivity index (χ0n) is 13.0. The second-order valence-electron chi connectivity index (χ2n) is 6.12. The fourth-order valence-corrected chi connectivity index (χ4v) is 3.39. The molecule has 2 aromatic carbocycles. The lowest BCUT2D eigenvalue weighted by atomic mass is 9.84. The van der Waals surface area contributed by atoms with E-state index in [4.69, 9.17) is 0 Å². The van der Waals surface area contributed by atoms with Crippen molar-refractivity contribution in [2.45, 2.75) is 44.6 Å². The molecule has 1 aliphatic carbocycles. The van der Waals surface area contributed by atoms with E-state index in [-0.39, 0.29) is 6.10 Å². The van der Waals surface area contributed by atoms with Gasteiger partial charge in [-0.1, -0.05) is 67.1 Å². The highest BCUT2D eigenvalue weighted by atomic mass is 16.3. The number of hydrogen-bond donors (Lipinski definition) is 1. The van der Waals surface area contributed by atoms with Gasteiger partial charge in [0.25, 0.3) is 0 Å². The Hall–Kier alpha value is -1.86. The number of aryl methyl sites for hydroxylation is 1. The van der Waals surface area contributed by atoms with Gasteiger partial charge in [0.2, 0.25) is 0 Å². The smallest absolute Gasteiger partial charge is 0.0756 e. The number of allylic oxidation sites excluding steroid dienone is 1. The average Bonchev–Trinajstić information content (AvgIpc) is 2.58. The van der Waals surface area contributed by atoms with Crippen LogP contribution in [0.1, 0.15) is 43.2 Å². The Labute approximate surface area is 133 Å². The van der Waals surface area contributed by atoms with Crippen LogP contribution in [0.5, 0.6) is 0 Å². The first-order valence-corrected chi connectivity index (χ1v) is 8.34. The van der Waals surface area contributed by atoms with Crippen molar-refractivity contribution in [3.8, 4) is 0 Å². The molecule has 0 bridgehead atoms. The van der Waals surface area contributed by atoms with E-state index in [1.807, 2.05) is 0 Å². The first-order chi connectivity index (χ1) is 10.8. The monoisotopic (exact) mass is 292 g/mol. The zero-order valence-corrected chi connectivity index (χ0v) is 13.0. The molecule has 0 radical (unpaired) electrons. The lowest BCUT2D eigenvalue weighted by Gasteiger charge is -2.25. The first-order valence-electron chi connectivity index (χ1n) is 8.34. The lowest BCUT2D eigenvalue weighted by Crippen LogP contribution is -2.17. The maximum Gasteiger partial charge on any atom is 0.0756 e. The Balaban J connectivity index is 1.88. The second kappa shape index (κ2) is 7.42. The van der Waals surface area contributed by atoms with E-state index in [1.54, 1.807) is 0 Å². The van der Waals surface area contributed by atoms with E-state index in [0.29, 0.717) is 0 Å². The molecule has 3 rings (SSSR count). The summed E-state index contributed by atoms with van der Waals surface area (Å²) in [5, 5.41) is 10.4. The number of hydrogen-bond acceptors (Lipinski definition) is 1. The molecule has 114 valence electrons. The maximum absolute atomic E-state index is 10.4. The van der Waals surface area contributed by atoms with Crippen molar-refractivity contribution >= 4 is 5.57 Å². The molecule has 1 saturated carbocycles. The van der Waals surface area contributed by atoms with E-state index in [2.05, 4.69) is 60.7 Å². The molecule has 1 N–H and O–H groups in total. The molecule has 0 saturated heterocycles. The number of rotatable bonds is 4. The lowest BCUT2D eigenvalue weighted by molar-refractivity contribution is 0.179. The van der Waals surface area contributed by atoms with Crippen molar-refractivity contribution in [1.82, 2.24) is 0 Å². The molecule has 0 aliphatic heterocycles. The number of aliphatic hydroxyl groups is 1. The van der Waals surface area contributed by atoms with Crippen LogP contribution in [0.15, 0.2) is 66.2 Å². The Morgan fingerprint density at radius 1 is 0.909 bits per heavy atom. The summed E-state index contributed by atoms with van der Waals surface area (Å²) in [6.07, 6.45) is 6.08. The Bertz CT molecular complexity index is 613. The van der Waals surface area contributed by atoms with E-state index in [1.165, 1.54) is 28.7 Å². The summed E-state index contributed by atoms with van der Waals surface area (Å²) in [5.74, 6) is 0. The van der Waals surface area contributed by atoms with Crippen LogP contribution in [0.25, 0.3) is 5.57 Å². The molecule has 1 heteroatoms. The fourth-order valence-electron chi connectivity index (χ4n) is 3.39. The predicted molar refractivity (Wildman–Crippen MR) is 92.6 cm³/mol. The first kappa shape index (κ1) is 15.1. The van der Waals surface area contributed by atoms with Gasteiger partial charge in [-0.2, -0.15) is 0 Å². The summed E-state index contributed by atoms with van der Waals surface area (Å²) < 4.78 is 0.